The van der Waals surface area contributed by atoms with Crippen molar-refractivity contribution in [1.82, 2.24) is 19.5 Å². The molecule has 0 aromatic carbocycles. The summed E-state index contributed by atoms with van der Waals surface area (Å²) in [6, 6.07) is -0.747. The van der Waals surface area contributed by atoms with E-state index in [4.69, 9.17) is 0 Å². The number of carbonyl (C=O) groups is 2. The van der Waals surface area contributed by atoms with Crippen LogP contribution < -0.4 is 0 Å². The molecule has 0 spiro atoms. The van der Waals surface area contributed by atoms with Crippen LogP contribution in [0.1, 0.15) is 29.6 Å². The third kappa shape index (κ3) is 2.01. The summed E-state index contributed by atoms with van der Waals surface area (Å²) >= 11 is 0. The first-order valence-corrected chi connectivity index (χ1v) is 6.49. The quantitative estimate of drug-likeness (QED) is 0.875. The molecule has 0 saturated carbocycles. The fourth-order valence-corrected chi connectivity index (χ4v) is 2.59. The molecule has 0 bridgehead atoms. The van der Waals surface area contributed by atoms with E-state index in [0.29, 0.717) is 24.0 Å². The number of piperidine rings is 1. The molecule has 1 saturated heterocycles. The van der Waals surface area contributed by atoms with E-state index in [1.807, 2.05) is 0 Å². The third-order valence-electron chi connectivity index (χ3n) is 3.60. The average molecular weight is 274 g/mol. The van der Waals surface area contributed by atoms with E-state index in [9.17, 15) is 14.7 Å². The Balaban J connectivity index is 1.96. The highest BCUT2D eigenvalue weighted by atomic mass is 16.4. The van der Waals surface area contributed by atoms with Crippen molar-refractivity contribution < 1.29 is 14.7 Å². The molecule has 3 heterocycles. The second-order valence-electron chi connectivity index (χ2n) is 4.81. The normalized spacial score (nSPS) is 19.2. The summed E-state index contributed by atoms with van der Waals surface area (Å²) in [7, 11) is 0. The summed E-state index contributed by atoms with van der Waals surface area (Å²) < 4.78 is 1.56. The Morgan fingerprint density at radius 2 is 2.15 bits per heavy atom. The molecule has 1 atom stereocenters. The summed E-state index contributed by atoms with van der Waals surface area (Å²) in [4.78, 5) is 29.3. The van der Waals surface area contributed by atoms with Crippen LogP contribution in [0.3, 0.4) is 0 Å². The first-order valence-electron chi connectivity index (χ1n) is 6.49. The van der Waals surface area contributed by atoms with Gasteiger partial charge in [0.25, 0.3) is 5.91 Å². The Morgan fingerprint density at radius 1 is 1.30 bits per heavy atom. The van der Waals surface area contributed by atoms with E-state index in [0.717, 1.165) is 12.8 Å². The Labute approximate surface area is 114 Å². The maximum absolute atomic E-state index is 12.6. The molecule has 3 rings (SSSR count). The number of hydrogen-bond acceptors (Lipinski definition) is 4. The number of likely N-dealkylation sites (tertiary alicyclic amines) is 1. The standard InChI is InChI=1S/C13H14N4O3/c18-12(16-5-2-1-3-10(16)13(19)20)9-7-15-17-6-4-14-8-11(9)17/h4,6-8,10H,1-3,5H2,(H,19,20). The smallest absolute Gasteiger partial charge is 0.326 e. The van der Waals surface area contributed by atoms with Gasteiger partial charge in [-0.2, -0.15) is 5.10 Å². The van der Waals surface area contributed by atoms with Gasteiger partial charge in [-0.1, -0.05) is 0 Å². The molecular weight excluding hydrogens is 260 g/mol. The van der Waals surface area contributed by atoms with Gasteiger partial charge < -0.3 is 10.0 Å². The fourth-order valence-electron chi connectivity index (χ4n) is 2.59. The predicted molar refractivity (Wildman–Crippen MR) is 69.3 cm³/mol. The molecule has 1 aliphatic heterocycles. The van der Waals surface area contributed by atoms with Crippen molar-refractivity contribution in [3.05, 3.63) is 30.4 Å². The number of nitrogens with zero attached hydrogens (tertiary/aromatic N) is 4. The summed E-state index contributed by atoms with van der Waals surface area (Å²) in [5, 5.41) is 13.3. The Kier molecular flexibility index (Phi) is 3.09. The molecular formula is C13H14N4O3. The molecule has 1 N–H and O–H groups in total. The highest BCUT2D eigenvalue weighted by Crippen LogP contribution is 2.21. The highest BCUT2D eigenvalue weighted by molar-refractivity contribution is 6.02. The maximum atomic E-state index is 12.6. The molecule has 1 fully saturated rings. The Morgan fingerprint density at radius 3 is 2.95 bits per heavy atom. The van der Waals surface area contributed by atoms with Gasteiger partial charge in [0, 0.05) is 18.9 Å². The van der Waals surface area contributed by atoms with Gasteiger partial charge in [0.05, 0.1) is 23.5 Å². The summed E-state index contributed by atoms with van der Waals surface area (Å²) in [5.74, 6) is -1.24. The number of amides is 1. The van der Waals surface area contributed by atoms with Crippen LogP contribution in [-0.2, 0) is 4.79 Å². The van der Waals surface area contributed by atoms with E-state index in [-0.39, 0.29) is 5.91 Å². The van der Waals surface area contributed by atoms with Crippen molar-refractivity contribution in [3.8, 4) is 0 Å². The van der Waals surface area contributed by atoms with Gasteiger partial charge in [-0.3, -0.25) is 9.78 Å². The van der Waals surface area contributed by atoms with Gasteiger partial charge in [-0.25, -0.2) is 9.31 Å². The van der Waals surface area contributed by atoms with Crippen LogP contribution >= 0.6 is 0 Å². The van der Waals surface area contributed by atoms with E-state index in [2.05, 4.69) is 10.1 Å². The number of aliphatic carboxylic acids is 1. The van der Waals surface area contributed by atoms with Crippen LogP contribution in [0.4, 0.5) is 0 Å². The van der Waals surface area contributed by atoms with Gasteiger partial charge >= 0.3 is 5.97 Å². The van der Waals surface area contributed by atoms with Gasteiger partial charge in [-0.15, -0.1) is 0 Å². The van der Waals surface area contributed by atoms with Crippen LogP contribution in [0.25, 0.3) is 5.52 Å². The highest BCUT2D eigenvalue weighted by Gasteiger charge is 2.33. The van der Waals surface area contributed by atoms with Crippen LogP contribution in [0.15, 0.2) is 24.8 Å². The monoisotopic (exact) mass is 274 g/mol. The number of carbonyl (C=O) groups excluding carboxylic acids is 1. The Hall–Kier alpha value is -2.44. The first kappa shape index (κ1) is 12.6. The molecule has 2 aromatic heterocycles. The first-order chi connectivity index (χ1) is 9.68. The van der Waals surface area contributed by atoms with Crippen LogP contribution in [0.2, 0.25) is 0 Å². The SMILES string of the molecule is O=C(O)C1CCCCN1C(=O)c1cnn2ccncc12. The Bertz CT molecular complexity index is 666. The second-order valence-corrected chi connectivity index (χ2v) is 4.81. The number of aromatic nitrogens is 3. The van der Waals surface area contributed by atoms with Gasteiger partial charge in [0.15, 0.2) is 0 Å². The minimum Gasteiger partial charge on any atom is -0.480 e. The predicted octanol–water partition coefficient (Wildman–Crippen LogP) is 0.809. The molecule has 20 heavy (non-hydrogen) atoms. The van der Waals surface area contributed by atoms with Crippen LogP contribution in [0, 0.1) is 0 Å². The van der Waals surface area contributed by atoms with Crippen LogP contribution in [-0.4, -0.2) is 49.1 Å². The van der Waals surface area contributed by atoms with Crippen molar-refractivity contribution in [2.75, 3.05) is 6.54 Å². The van der Waals surface area contributed by atoms with Gasteiger partial charge in [0.1, 0.15) is 6.04 Å². The molecule has 2 aromatic rings. The van der Waals surface area contributed by atoms with Crippen molar-refractivity contribution in [1.29, 1.82) is 0 Å². The number of hydrogen-bond donors (Lipinski definition) is 1. The minimum atomic E-state index is -0.951. The zero-order chi connectivity index (χ0) is 14.1. The van der Waals surface area contributed by atoms with E-state index >= 15 is 0 Å². The number of rotatable bonds is 2. The summed E-state index contributed by atoms with van der Waals surface area (Å²) in [6.07, 6.45) is 8.40. The molecule has 0 aliphatic carbocycles. The van der Waals surface area contributed by atoms with Gasteiger partial charge in [-0.05, 0) is 19.3 Å². The van der Waals surface area contributed by atoms with E-state index < -0.39 is 12.0 Å². The summed E-state index contributed by atoms with van der Waals surface area (Å²) in [5.41, 5.74) is 0.985. The number of fused-ring (bicyclic) bond motifs is 1. The zero-order valence-electron chi connectivity index (χ0n) is 10.8. The van der Waals surface area contributed by atoms with E-state index in [1.54, 1.807) is 23.1 Å². The molecule has 104 valence electrons. The molecule has 7 nitrogen and oxygen atoms in total. The van der Waals surface area contributed by atoms with Crippen molar-refractivity contribution in [2.24, 2.45) is 0 Å². The summed E-state index contributed by atoms with van der Waals surface area (Å²) in [6.45, 7) is 0.466. The average Bonchev–Trinajstić information content (AvgIpc) is 2.90. The number of carboxylic acids is 1. The molecule has 0 radical (unpaired) electrons. The number of carboxylic acid groups (broad SMARTS) is 1. The zero-order valence-corrected chi connectivity index (χ0v) is 10.8. The third-order valence-corrected chi connectivity index (χ3v) is 3.60. The van der Waals surface area contributed by atoms with Crippen molar-refractivity contribution in [3.63, 3.8) is 0 Å². The molecule has 1 unspecified atom stereocenters. The lowest BCUT2D eigenvalue weighted by Crippen LogP contribution is -2.47. The van der Waals surface area contributed by atoms with Crippen molar-refractivity contribution >= 4 is 17.4 Å². The topological polar surface area (TPSA) is 87.8 Å². The lowest BCUT2D eigenvalue weighted by molar-refractivity contribution is -0.143. The fraction of sp³-hybridized carbons (Fsp3) is 0.385. The second kappa shape index (κ2) is 4.92. The largest absolute Gasteiger partial charge is 0.480 e. The molecule has 1 aliphatic rings. The van der Waals surface area contributed by atoms with E-state index in [1.165, 1.54) is 11.1 Å². The lowest BCUT2D eigenvalue weighted by atomic mass is 10.0. The van der Waals surface area contributed by atoms with Gasteiger partial charge in [0.2, 0.25) is 0 Å². The lowest BCUT2D eigenvalue weighted by Gasteiger charge is -2.32. The molecule has 1 amide bonds. The van der Waals surface area contributed by atoms with Crippen molar-refractivity contribution in [2.45, 2.75) is 25.3 Å². The van der Waals surface area contributed by atoms with Crippen LogP contribution in [0.5, 0.6) is 0 Å². The minimum absolute atomic E-state index is 0.292. The maximum Gasteiger partial charge on any atom is 0.326 e. The molecule has 7 heteroatoms.